The van der Waals surface area contributed by atoms with Crippen molar-refractivity contribution >= 4 is 10.9 Å². The molecular formula is C16H22N2O. The first-order chi connectivity index (χ1) is 9.16. The van der Waals surface area contributed by atoms with Gasteiger partial charge in [-0.25, -0.2) is 0 Å². The number of nitrogens with one attached hydrogen (secondary N) is 1. The zero-order chi connectivity index (χ0) is 13.5. The molecule has 1 aromatic heterocycles. The first-order valence-electron chi connectivity index (χ1n) is 7.02. The molecular weight excluding hydrogens is 236 g/mol. The number of hydrogen-bond acceptors (Lipinski definition) is 2. The van der Waals surface area contributed by atoms with E-state index in [0.29, 0.717) is 5.92 Å². The number of nitrogens with two attached hydrogens (primary N) is 1. The Labute approximate surface area is 114 Å². The summed E-state index contributed by atoms with van der Waals surface area (Å²) in [6.45, 7) is 6.77. The zero-order valence-corrected chi connectivity index (χ0v) is 11.7. The van der Waals surface area contributed by atoms with Crippen molar-refractivity contribution in [1.29, 1.82) is 0 Å². The third-order valence-electron chi connectivity index (χ3n) is 4.32. The number of hydrogen-bond donors (Lipinski definition) is 2. The Kier molecular flexibility index (Phi) is 3.11. The third kappa shape index (κ3) is 1.97. The largest absolute Gasteiger partial charge is 0.379 e. The van der Waals surface area contributed by atoms with Crippen molar-refractivity contribution in [1.82, 2.24) is 4.98 Å². The average Bonchev–Trinajstić information content (AvgIpc) is 2.70. The van der Waals surface area contributed by atoms with Crippen LogP contribution in [0.3, 0.4) is 0 Å². The monoisotopic (exact) mass is 258 g/mol. The van der Waals surface area contributed by atoms with Gasteiger partial charge in [-0.2, -0.15) is 0 Å². The van der Waals surface area contributed by atoms with Crippen LogP contribution in [0, 0.1) is 12.8 Å². The Morgan fingerprint density at radius 2 is 2.11 bits per heavy atom. The van der Waals surface area contributed by atoms with E-state index in [0.717, 1.165) is 26.2 Å². The quantitative estimate of drug-likeness (QED) is 0.886. The van der Waals surface area contributed by atoms with Gasteiger partial charge in [0.1, 0.15) is 0 Å². The SMILES string of the molecule is Cc1[nH]c2ccccc2c1C1(CC(C)CN)COC1. The van der Waals surface area contributed by atoms with Crippen molar-refractivity contribution in [3.63, 3.8) is 0 Å². The van der Waals surface area contributed by atoms with Gasteiger partial charge in [0.2, 0.25) is 0 Å². The number of rotatable bonds is 4. The Bertz CT molecular complexity index is 583. The smallest absolute Gasteiger partial charge is 0.0586 e. The Morgan fingerprint density at radius 3 is 2.74 bits per heavy atom. The van der Waals surface area contributed by atoms with Crippen molar-refractivity contribution in [3.8, 4) is 0 Å². The fraction of sp³-hybridized carbons (Fsp3) is 0.500. The maximum Gasteiger partial charge on any atom is 0.0586 e. The fourth-order valence-electron chi connectivity index (χ4n) is 3.42. The summed E-state index contributed by atoms with van der Waals surface area (Å²) in [5.74, 6) is 0.525. The van der Waals surface area contributed by atoms with Gasteiger partial charge in [-0.15, -0.1) is 0 Å². The van der Waals surface area contributed by atoms with Crippen LogP contribution in [0.5, 0.6) is 0 Å². The molecule has 1 aliphatic rings. The first kappa shape index (κ1) is 12.7. The van der Waals surface area contributed by atoms with Crippen LogP contribution in [0.15, 0.2) is 24.3 Å². The highest BCUT2D eigenvalue weighted by atomic mass is 16.5. The lowest BCUT2D eigenvalue weighted by molar-refractivity contribution is -0.0697. The van der Waals surface area contributed by atoms with E-state index in [1.54, 1.807) is 0 Å². The summed E-state index contributed by atoms with van der Waals surface area (Å²) in [7, 11) is 0. The van der Waals surface area contributed by atoms with E-state index in [1.165, 1.54) is 22.2 Å². The Balaban J connectivity index is 2.08. The lowest BCUT2D eigenvalue weighted by atomic mass is 9.71. The molecule has 0 spiro atoms. The molecule has 1 unspecified atom stereocenters. The molecule has 0 aliphatic carbocycles. The van der Waals surface area contributed by atoms with Gasteiger partial charge in [0, 0.05) is 22.0 Å². The second-order valence-corrected chi connectivity index (χ2v) is 5.99. The summed E-state index contributed by atoms with van der Waals surface area (Å²) in [6, 6.07) is 8.54. The van der Waals surface area contributed by atoms with E-state index >= 15 is 0 Å². The number of ether oxygens (including phenoxy) is 1. The number of aromatic amines is 1. The van der Waals surface area contributed by atoms with Crippen LogP contribution in [-0.2, 0) is 10.2 Å². The molecule has 1 aromatic carbocycles. The molecule has 2 aromatic rings. The van der Waals surface area contributed by atoms with Gasteiger partial charge in [0.05, 0.1) is 13.2 Å². The normalized spacial score (nSPS) is 19.3. The third-order valence-corrected chi connectivity index (χ3v) is 4.32. The van der Waals surface area contributed by atoms with E-state index < -0.39 is 0 Å². The topological polar surface area (TPSA) is 51.0 Å². The van der Waals surface area contributed by atoms with Crippen LogP contribution in [-0.4, -0.2) is 24.7 Å². The van der Waals surface area contributed by atoms with Crippen molar-refractivity contribution in [3.05, 3.63) is 35.5 Å². The molecule has 3 nitrogen and oxygen atoms in total. The molecule has 1 fully saturated rings. The summed E-state index contributed by atoms with van der Waals surface area (Å²) < 4.78 is 5.56. The van der Waals surface area contributed by atoms with Gasteiger partial charge in [0.15, 0.2) is 0 Å². The van der Waals surface area contributed by atoms with E-state index in [1.807, 2.05) is 0 Å². The highest BCUT2D eigenvalue weighted by Gasteiger charge is 2.43. The molecule has 0 saturated carbocycles. The van der Waals surface area contributed by atoms with Gasteiger partial charge >= 0.3 is 0 Å². The molecule has 0 bridgehead atoms. The molecule has 0 radical (unpaired) electrons. The number of aromatic nitrogens is 1. The summed E-state index contributed by atoms with van der Waals surface area (Å²) >= 11 is 0. The van der Waals surface area contributed by atoms with Crippen molar-refractivity contribution in [2.75, 3.05) is 19.8 Å². The molecule has 3 N–H and O–H groups in total. The summed E-state index contributed by atoms with van der Waals surface area (Å²) in [6.07, 6.45) is 1.10. The minimum atomic E-state index is 0.155. The first-order valence-corrected chi connectivity index (χ1v) is 7.02. The van der Waals surface area contributed by atoms with E-state index in [2.05, 4.69) is 43.1 Å². The maximum atomic E-state index is 5.81. The summed E-state index contributed by atoms with van der Waals surface area (Å²) in [5, 5.41) is 1.34. The highest BCUT2D eigenvalue weighted by molar-refractivity contribution is 5.86. The highest BCUT2D eigenvalue weighted by Crippen LogP contribution is 2.43. The molecule has 3 rings (SSSR count). The van der Waals surface area contributed by atoms with Gasteiger partial charge in [-0.1, -0.05) is 25.1 Å². The van der Waals surface area contributed by atoms with Crippen LogP contribution in [0.25, 0.3) is 10.9 Å². The lowest BCUT2D eigenvalue weighted by Crippen LogP contribution is -2.48. The van der Waals surface area contributed by atoms with E-state index in [4.69, 9.17) is 10.5 Å². The fourth-order valence-corrected chi connectivity index (χ4v) is 3.42. The Hall–Kier alpha value is -1.32. The second kappa shape index (κ2) is 4.66. The summed E-state index contributed by atoms with van der Waals surface area (Å²) in [4.78, 5) is 3.51. The minimum absolute atomic E-state index is 0.155. The van der Waals surface area contributed by atoms with Gasteiger partial charge < -0.3 is 15.5 Å². The van der Waals surface area contributed by atoms with E-state index in [9.17, 15) is 0 Å². The molecule has 2 heterocycles. The lowest BCUT2D eigenvalue weighted by Gasteiger charge is -2.43. The molecule has 19 heavy (non-hydrogen) atoms. The minimum Gasteiger partial charge on any atom is -0.379 e. The van der Waals surface area contributed by atoms with Crippen LogP contribution in [0.2, 0.25) is 0 Å². The number of benzene rings is 1. The maximum absolute atomic E-state index is 5.81. The summed E-state index contributed by atoms with van der Waals surface area (Å²) in [5.41, 5.74) is 9.90. The zero-order valence-electron chi connectivity index (χ0n) is 11.7. The standard InChI is InChI=1S/C16H22N2O/c1-11(8-17)7-16(9-19-10-16)15-12(2)18-14-6-4-3-5-13(14)15/h3-6,11,18H,7-10,17H2,1-2H3. The van der Waals surface area contributed by atoms with Crippen LogP contribution < -0.4 is 5.73 Å². The number of fused-ring (bicyclic) bond motifs is 1. The number of aryl methyl sites for hydroxylation is 1. The predicted octanol–water partition coefficient (Wildman–Crippen LogP) is 2.73. The van der Waals surface area contributed by atoms with Gasteiger partial charge in [0.25, 0.3) is 0 Å². The molecule has 1 aliphatic heterocycles. The molecule has 0 amide bonds. The predicted molar refractivity (Wildman–Crippen MR) is 78.4 cm³/mol. The van der Waals surface area contributed by atoms with Gasteiger partial charge in [-0.05, 0) is 37.4 Å². The van der Waals surface area contributed by atoms with Crippen molar-refractivity contribution in [2.45, 2.75) is 25.7 Å². The Morgan fingerprint density at radius 1 is 1.37 bits per heavy atom. The van der Waals surface area contributed by atoms with Crippen LogP contribution in [0.4, 0.5) is 0 Å². The number of para-hydroxylation sites is 1. The molecule has 1 saturated heterocycles. The molecule has 3 heteroatoms. The number of H-pyrrole nitrogens is 1. The van der Waals surface area contributed by atoms with Crippen molar-refractivity contribution < 1.29 is 4.74 Å². The van der Waals surface area contributed by atoms with E-state index in [-0.39, 0.29) is 5.41 Å². The van der Waals surface area contributed by atoms with Crippen LogP contribution >= 0.6 is 0 Å². The van der Waals surface area contributed by atoms with Crippen molar-refractivity contribution in [2.24, 2.45) is 11.7 Å². The molecule has 102 valence electrons. The van der Waals surface area contributed by atoms with Crippen LogP contribution in [0.1, 0.15) is 24.6 Å². The second-order valence-electron chi connectivity index (χ2n) is 5.99. The van der Waals surface area contributed by atoms with Gasteiger partial charge in [-0.3, -0.25) is 0 Å². The average molecular weight is 258 g/mol. The molecule has 1 atom stereocenters.